The summed E-state index contributed by atoms with van der Waals surface area (Å²) in [7, 11) is 0. The number of imidazole rings is 2. The van der Waals surface area contributed by atoms with E-state index in [9.17, 15) is 13.6 Å². The molecule has 1 amide bonds. The Kier molecular flexibility index (Phi) is 6.90. The minimum absolute atomic E-state index is 0.155. The largest absolute Gasteiger partial charge is 0.333 e. The van der Waals surface area contributed by atoms with Crippen molar-refractivity contribution < 1.29 is 13.6 Å². The topological polar surface area (TPSA) is 68.0 Å². The molecule has 36 heavy (non-hydrogen) atoms. The molecule has 0 saturated heterocycles. The van der Waals surface area contributed by atoms with Gasteiger partial charge in [0, 0.05) is 56.1 Å². The molecule has 0 spiro atoms. The van der Waals surface area contributed by atoms with Gasteiger partial charge in [0.2, 0.25) is 5.91 Å². The molecule has 2 aromatic carbocycles. The van der Waals surface area contributed by atoms with Crippen LogP contribution < -0.4 is 5.32 Å². The molecule has 0 fully saturated rings. The van der Waals surface area contributed by atoms with E-state index in [1.165, 1.54) is 24.3 Å². The van der Waals surface area contributed by atoms with Crippen LogP contribution in [0, 0.1) is 11.6 Å². The lowest BCUT2D eigenvalue weighted by atomic mass is 10.2. The van der Waals surface area contributed by atoms with Gasteiger partial charge in [0.15, 0.2) is 0 Å². The summed E-state index contributed by atoms with van der Waals surface area (Å²) >= 11 is 0. The van der Waals surface area contributed by atoms with E-state index in [2.05, 4.69) is 24.4 Å². The lowest BCUT2D eigenvalue weighted by Crippen LogP contribution is -2.37. The molecule has 4 heterocycles. The summed E-state index contributed by atoms with van der Waals surface area (Å²) in [6.45, 7) is 6.63. The second kappa shape index (κ2) is 10.4. The maximum absolute atomic E-state index is 12.9. The molecular weight excluding hydrogens is 462 g/mol. The van der Waals surface area contributed by atoms with Crippen molar-refractivity contribution in [2.24, 2.45) is 0 Å². The normalized spacial score (nSPS) is 14.5. The molecule has 7 nitrogen and oxygen atoms in total. The lowest BCUT2D eigenvalue weighted by Gasteiger charge is -2.27. The highest BCUT2D eigenvalue weighted by molar-refractivity contribution is 5.75. The second-order valence-electron chi connectivity index (χ2n) is 8.83. The van der Waals surface area contributed by atoms with Crippen LogP contribution in [0.3, 0.4) is 0 Å². The number of fused-ring (bicyclic) bond motifs is 2. The highest BCUT2D eigenvalue weighted by Crippen LogP contribution is 2.22. The first-order valence-corrected chi connectivity index (χ1v) is 12.1. The minimum atomic E-state index is -0.252. The highest BCUT2D eigenvalue weighted by Gasteiger charge is 2.21. The van der Waals surface area contributed by atoms with Crippen molar-refractivity contribution in [2.45, 2.75) is 39.5 Å². The summed E-state index contributed by atoms with van der Waals surface area (Å²) < 4.78 is 29.9. The molecule has 0 unspecified atom stereocenters. The standard InChI is InChI=1S/C15H16FN3O.C12H12FN3/c1-2-15(20)19-8-7-18-9-13(17-14(18)10-19)11-3-5-12(16)6-4-11;13-10-3-1-9(2-4-10)11-8-16-6-5-14-7-12(16)15-11/h3-6,9H,2,7-8,10H2,1H3;1-4,8,14H,5-7H2. The summed E-state index contributed by atoms with van der Waals surface area (Å²) in [4.78, 5) is 22.7. The first-order chi connectivity index (χ1) is 17.5. The van der Waals surface area contributed by atoms with Gasteiger partial charge in [0.25, 0.3) is 0 Å². The van der Waals surface area contributed by atoms with Crippen molar-refractivity contribution in [2.75, 3.05) is 13.1 Å². The fourth-order valence-corrected chi connectivity index (χ4v) is 4.40. The smallest absolute Gasteiger partial charge is 0.222 e. The predicted molar refractivity (Wildman–Crippen MR) is 133 cm³/mol. The summed E-state index contributed by atoms with van der Waals surface area (Å²) in [5, 5.41) is 3.27. The Bertz CT molecular complexity index is 1320. The van der Waals surface area contributed by atoms with Gasteiger partial charge in [-0.2, -0.15) is 0 Å². The maximum Gasteiger partial charge on any atom is 0.222 e. The zero-order chi connectivity index (χ0) is 25.1. The molecule has 2 aromatic heterocycles. The number of hydrogen-bond donors (Lipinski definition) is 1. The Morgan fingerprint density at radius 2 is 1.39 bits per heavy atom. The number of aromatic nitrogens is 4. The van der Waals surface area contributed by atoms with Crippen molar-refractivity contribution in [1.82, 2.24) is 29.3 Å². The Hall–Kier alpha value is -3.85. The van der Waals surface area contributed by atoms with E-state index in [1.54, 1.807) is 24.3 Å². The fourth-order valence-electron chi connectivity index (χ4n) is 4.40. The molecule has 0 radical (unpaired) electrons. The number of nitrogens with one attached hydrogen (secondary N) is 1. The Labute approximate surface area is 208 Å². The number of rotatable bonds is 3. The quantitative estimate of drug-likeness (QED) is 0.467. The molecule has 0 bridgehead atoms. The van der Waals surface area contributed by atoms with Gasteiger partial charge in [-0.25, -0.2) is 18.7 Å². The zero-order valence-electron chi connectivity index (χ0n) is 20.1. The molecule has 4 aromatic rings. The first-order valence-electron chi connectivity index (χ1n) is 12.1. The SMILES string of the molecule is CCC(=O)N1CCn2cc(-c3ccc(F)cc3)nc2C1.Fc1ccc(-c2cn3c(n2)CNCC3)cc1. The number of halogens is 2. The van der Waals surface area contributed by atoms with E-state index >= 15 is 0 Å². The second-order valence-corrected chi connectivity index (χ2v) is 8.83. The molecule has 9 heteroatoms. The molecule has 0 saturated carbocycles. The third-order valence-electron chi connectivity index (χ3n) is 6.41. The molecule has 2 aliphatic heterocycles. The van der Waals surface area contributed by atoms with E-state index in [0.29, 0.717) is 13.0 Å². The van der Waals surface area contributed by atoms with Gasteiger partial charge in [-0.05, 0) is 48.5 Å². The Balaban J connectivity index is 0.000000152. The van der Waals surface area contributed by atoms with Gasteiger partial charge in [-0.15, -0.1) is 0 Å². The monoisotopic (exact) mass is 490 g/mol. The van der Waals surface area contributed by atoms with E-state index < -0.39 is 0 Å². The predicted octanol–water partition coefficient (Wildman–Crippen LogP) is 4.23. The van der Waals surface area contributed by atoms with Crippen molar-refractivity contribution in [3.8, 4) is 22.5 Å². The summed E-state index contributed by atoms with van der Waals surface area (Å²) in [5.41, 5.74) is 3.59. The zero-order valence-corrected chi connectivity index (χ0v) is 20.1. The van der Waals surface area contributed by atoms with Gasteiger partial charge >= 0.3 is 0 Å². The van der Waals surface area contributed by atoms with Crippen LogP contribution in [0.5, 0.6) is 0 Å². The number of nitrogens with zero attached hydrogens (tertiary/aromatic N) is 5. The molecule has 0 aliphatic carbocycles. The van der Waals surface area contributed by atoms with Crippen LogP contribution >= 0.6 is 0 Å². The third kappa shape index (κ3) is 5.21. The van der Waals surface area contributed by atoms with Crippen LogP contribution in [0.1, 0.15) is 25.0 Å². The molecule has 1 N–H and O–H groups in total. The molecule has 2 aliphatic rings. The van der Waals surface area contributed by atoms with Crippen molar-refractivity contribution in [1.29, 1.82) is 0 Å². The Morgan fingerprint density at radius 3 is 1.94 bits per heavy atom. The van der Waals surface area contributed by atoms with Gasteiger partial charge < -0.3 is 19.4 Å². The van der Waals surface area contributed by atoms with E-state index in [4.69, 9.17) is 0 Å². The fraction of sp³-hybridized carbons (Fsp3) is 0.296. The summed E-state index contributed by atoms with van der Waals surface area (Å²) in [6, 6.07) is 12.8. The molecular formula is C27H28F2N6O. The average Bonchev–Trinajstić information content (AvgIpc) is 3.53. The number of carbonyl (C=O) groups is 1. The van der Waals surface area contributed by atoms with E-state index in [1.807, 2.05) is 24.2 Å². The van der Waals surface area contributed by atoms with Crippen molar-refractivity contribution in [3.05, 3.63) is 84.2 Å². The van der Waals surface area contributed by atoms with E-state index in [0.717, 1.165) is 66.9 Å². The van der Waals surface area contributed by atoms with Gasteiger partial charge in [-0.3, -0.25) is 4.79 Å². The van der Waals surface area contributed by atoms with Gasteiger partial charge in [0.05, 0.1) is 24.5 Å². The molecule has 0 atom stereocenters. The number of hydrogen-bond acceptors (Lipinski definition) is 4. The van der Waals surface area contributed by atoms with Crippen molar-refractivity contribution in [3.63, 3.8) is 0 Å². The van der Waals surface area contributed by atoms with Crippen LogP contribution in [0.25, 0.3) is 22.5 Å². The first kappa shape index (κ1) is 23.9. The maximum atomic E-state index is 12.9. The van der Waals surface area contributed by atoms with Crippen LogP contribution in [0.15, 0.2) is 60.9 Å². The van der Waals surface area contributed by atoms with Gasteiger partial charge in [0.1, 0.15) is 23.3 Å². The van der Waals surface area contributed by atoms with Crippen LogP contribution in [-0.2, 0) is 31.0 Å². The van der Waals surface area contributed by atoms with Crippen LogP contribution in [0.4, 0.5) is 8.78 Å². The average molecular weight is 491 g/mol. The van der Waals surface area contributed by atoms with Crippen molar-refractivity contribution >= 4 is 5.91 Å². The van der Waals surface area contributed by atoms with Crippen LogP contribution in [0.2, 0.25) is 0 Å². The van der Waals surface area contributed by atoms with Gasteiger partial charge in [-0.1, -0.05) is 6.92 Å². The highest BCUT2D eigenvalue weighted by atomic mass is 19.1. The minimum Gasteiger partial charge on any atom is -0.333 e. The van der Waals surface area contributed by atoms with E-state index in [-0.39, 0.29) is 17.5 Å². The lowest BCUT2D eigenvalue weighted by molar-refractivity contribution is -0.132. The number of benzene rings is 2. The van der Waals surface area contributed by atoms with Crippen LogP contribution in [-0.4, -0.2) is 43.0 Å². The Morgan fingerprint density at radius 1 is 0.833 bits per heavy atom. The molecule has 6 rings (SSSR count). The third-order valence-corrected chi connectivity index (χ3v) is 6.41. The summed E-state index contributed by atoms with van der Waals surface area (Å²) in [5.74, 6) is 1.62. The number of carbonyl (C=O) groups excluding carboxylic acids is 1. The molecule has 186 valence electrons. The summed E-state index contributed by atoms with van der Waals surface area (Å²) in [6.07, 6.45) is 4.52. The number of amides is 1.